The Labute approximate surface area is 146 Å². The highest BCUT2D eigenvalue weighted by Gasteiger charge is 2.28. The number of rotatable bonds is 6. The van der Waals surface area contributed by atoms with Gasteiger partial charge in [-0.25, -0.2) is 4.98 Å². The van der Waals surface area contributed by atoms with Gasteiger partial charge in [-0.3, -0.25) is 4.79 Å². The quantitative estimate of drug-likeness (QED) is 0.716. The SMILES string of the molecule is COc1nc(C(=O)c2ccc(OC(C)C)c(Cl)c2)ccc1C1CC1. The van der Waals surface area contributed by atoms with Crippen LogP contribution in [0.1, 0.15) is 54.2 Å². The van der Waals surface area contributed by atoms with Crippen LogP contribution in [0.25, 0.3) is 0 Å². The minimum absolute atomic E-state index is 0.0185. The molecule has 0 bridgehead atoms. The van der Waals surface area contributed by atoms with Crippen LogP contribution in [0, 0.1) is 0 Å². The smallest absolute Gasteiger partial charge is 0.217 e. The number of nitrogens with zero attached hydrogens (tertiary/aromatic N) is 1. The van der Waals surface area contributed by atoms with Crippen LogP contribution in [0.15, 0.2) is 30.3 Å². The predicted molar refractivity (Wildman–Crippen MR) is 93.4 cm³/mol. The van der Waals surface area contributed by atoms with Crippen LogP contribution in [0.3, 0.4) is 0 Å². The Kier molecular flexibility index (Phi) is 4.76. The second-order valence-corrected chi connectivity index (χ2v) is 6.62. The molecule has 0 N–H and O–H groups in total. The highest BCUT2D eigenvalue weighted by Crippen LogP contribution is 2.43. The van der Waals surface area contributed by atoms with E-state index in [1.54, 1.807) is 31.4 Å². The second kappa shape index (κ2) is 6.81. The van der Waals surface area contributed by atoms with Crippen molar-refractivity contribution in [1.29, 1.82) is 0 Å². The summed E-state index contributed by atoms with van der Waals surface area (Å²) in [7, 11) is 1.58. The standard InChI is InChI=1S/C19H20ClNO3/c1-11(2)24-17-9-6-13(10-15(17)20)18(22)16-8-7-14(12-4-5-12)19(21-16)23-3/h6-12H,4-5H2,1-3H3. The first-order chi connectivity index (χ1) is 11.5. The zero-order valence-corrected chi connectivity index (χ0v) is 14.8. The number of aromatic nitrogens is 1. The molecule has 0 unspecified atom stereocenters. The average molecular weight is 346 g/mol. The molecule has 1 aliphatic carbocycles. The molecule has 126 valence electrons. The van der Waals surface area contributed by atoms with Crippen LogP contribution >= 0.6 is 11.6 Å². The number of hydrogen-bond donors (Lipinski definition) is 0. The van der Waals surface area contributed by atoms with Crippen LogP contribution in [0.5, 0.6) is 11.6 Å². The number of ether oxygens (including phenoxy) is 2. The second-order valence-electron chi connectivity index (χ2n) is 6.21. The Morgan fingerprint density at radius 3 is 2.58 bits per heavy atom. The molecule has 2 aromatic rings. The van der Waals surface area contributed by atoms with Crippen molar-refractivity contribution in [2.24, 2.45) is 0 Å². The van der Waals surface area contributed by atoms with Crippen LogP contribution < -0.4 is 9.47 Å². The molecule has 1 saturated carbocycles. The normalized spacial score (nSPS) is 13.9. The lowest BCUT2D eigenvalue weighted by Gasteiger charge is -2.12. The summed E-state index contributed by atoms with van der Waals surface area (Å²) in [6.45, 7) is 3.85. The Hall–Kier alpha value is -2.07. The van der Waals surface area contributed by atoms with Gasteiger partial charge in [0.15, 0.2) is 0 Å². The van der Waals surface area contributed by atoms with Crippen molar-refractivity contribution < 1.29 is 14.3 Å². The van der Waals surface area contributed by atoms with Gasteiger partial charge in [-0.2, -0.15) is 0 Å². The van der Waals surface area contributed by atoms with E-state index in [1.807, 2.05) is 19.9 Å². The van der Waals surface area contributed by atoms with E-state index in [0.717, 1.165) is 18.4 Å². The van der Waals surface area contributed by atoms with Crippen molar-refractivity contribution in [3.63, 3.8) is 0 Å². The zero-order chi connectivity index (χ0) is 17.3. The molecule has 0 radical (unpaired) electrons. The zero-order valence-electron chi connectivity index (χ0n) is 14.0. The maximum absolute atomic E-state index is 12.7. The van der Waals surface area contributed by atoms with Crippen molar-refractivity contribution in [3.8, 4) is 11.6 Å². The number of carbonyl (C=O) groups excluding carboxylic acids is 1. The maximum Gasteiger partial charge on any atom is 0.217 e. The first-order valence-electron chi connectivity index (χ1n) is 8.05. The number of ketones is 1. The first kappa shape index (κ1) is 16.8. The molecule has 0 aliphatic heterocycles. The lowest BCUT2D eigenvalue weighted by molar-refractivity contribution is 0.103. The van der Waals surface area contributed by atoms with Gasteiger partial charge in [0.1, 0.15) is 11.4 Å². The number of benzene rings is 1. The number of methoxy groups -OCH3 is 1. The van der Waals surface area contributed by atoms with E-state index in [4.69, 9.17) is 21.1 Å². The highest BCUT2D eigenvalue weighted by atomic mass is 35.5. The minimum atomic E-state index is -0.186. The van der Waals surface area contributed by atoms with Crippen molar-refractivity contribution >= 4 is 17.4 Å². The molecule has 1 fully saturated rings. The van der Waals surface area contributed by atoms with E-state index >= 15 is 0 Å². The maximum atomic E-state index is 12.7. The van der Waals surface area contributed by atoms with Gasteiger partial charge in [0.05, 0.1) is 18.2 Å². The third-order valence-corrected chi connectivity index (χ3v) is 4.18. The summed E-state index contributed by atoms with van der Waals surface area (Å²) in [5.41, 5.74) is 1.91. The van der Waals surface area contributed by atoms with E-state index < -0.39 is 0 Å². The molecule has 0 saturated heterocycles. The summed E-state index contributed by atoms with van der Waals surface area (Å²) in [6.07, 6.45) is 2.32. The molecule has 1 heterocycles. The Morgan fingerprint density at radius 1 is 1.25 bits per heavy atom. The molecule has 24 heavy (non-hydrogen) atoms. The van der Waals surface area contributed by atoms with Gasteiger partial charge in [-0.15, -0.1) is 0 Å². The molecule has 0 atom stereocenters. The van der Waals surface area contributed by atoms with Gasteiger partial charge in [0, 0.05) is 11.1 Å². The van der Waals surface area contributed by atoms with Gasteiger partial charge < -0.3 is 9.47 Å². The number of pyridine rings is 1. The van der Waals surface area contributed by atoms with Crippen LogP contribution in [-0.4, -0.2) is 24.0 Å². The molecule has 4 nitrogen and oxygen atoms in total. The summed E-state index contributed by atoms with van der Waals surface area (Å²) in [6, 6.07) is 8.73. The number of halogens is 1. The Morgan fingerprint density at radius 2 is 2.00 bits per heavy atom. The molecule has 3 rings (SSSR count). The molecule has 1 aromatic carbocycles. The summed E-state index contributed by atoms with van der Waals surface area (Å²) >= 11 is 6.22. The fourth-order valence-electron chi connectivity index (χ4n) is 2.59. The van der Waals surface area contributed by atoms with Crippen LogP contribution in [0.2, 0.25) is 5.02 Å². The van der Waals surface area contributed by atoms with Crippen molar-refractivity contribution in [1.82, 2.24) is 4.98 Å². The third-order valence-electron chi connectivity index (χ3n) is 3.89. The molecule has 0 spiro atoms. The molecule has 1 aliphatic rings. The predicted octanol–water partition coefficient (Wildman–Crippen LogP) is 4.64. The summed E-state index contributed by atoms with van der Waals surface area (Å²) < 4.78 is 10.9. The van der Waals surface area contributed by atoms with Crippen molar-refractivity contribution in [3.05, 3.63) is 52.2 Å². The average Bonchev–Trinajstić information content (AvgIpc) is 3.40. The summed E-state index contributed by atoms with van der Waals surface area (Å²) in [4.78, 5) is 17.1. The lowest BCUT2D eigenvalue weighted by atomic mass is 10.1. The van der Waals surface area contributed by atoms with Gasteiger partial charge in [-0.05, 0) is 56.9 Å². The fraction of sp³-hybridized carbons (Fsp3) is 0.368. The Balaban J connectivity index is 1.87. The lowest BCUT2D eigenvalue weighted by Crippen LogP contribution is -2.08. The number of carbonyl (C=O) groups is 1. The molecular weight excluding hydrogens is 326 g/mol. The van der Waals surface area contributed by atoms with Gasteiger partial charge >= 0.3 is 0 Å². The van der Waals surface area contributed by atoms with E-state index in [-0.39, 0.29) is 11.9 Å². The highest BCUT2D eigenvalue weighted by molar-refractivity contribution is 6.32. The number of hydrogen-bond acceptors (Lipinski definition) is 4. The Bertz CT molecular complexity index is 769. The van der Waals surface area contributed by atoms with E-state index in [1.165, 1.54) is 0 Å². The van der Waals surface area contributed by atoms with Crippen molar-refractivity contribution in [2.45, 2.75) is 38.7 Å². The molecule has 1 aromatic heterocycles. The monoisotopic (exact) mass is 345 g/mol. The molecule has 0 amide bonds. The van der Waals surface area contributed by atoms with E-state index in [2.05, 4.69) is 4.98 Å². The van der Waals surface area contributed by atoms with Crippen LogP contribution in [0.4, 0.5) is 0 Å². The topological polar surface area (TPSA) is 48.4 Å². The largest absolute Gasteiger partial charge is 0.489 e. The van der Waals surface area contributed by atoms with E-state index in [0.29, 0.717) is 33.8 Å². The van der Waals surface area contributed by atoms with Gasteiger partial charge in [0.25, 0.3) is 0 Å². The van der Waals surface area contributed by atoms with Gasteiger partial charge in [-0.1, -0.05) is 17.7 Å². The van der Waals surface area contributed by atoms with Crippen LogP contribution in [-0.2, 0) is 0 Å². The van der Waals surface area contributed by atoms with Crippen molar-refractivity contribution in [2.75, 3.05) is 7.11 Å². The minimum Gasteiger partial charge on any atom is -0.489 e. The molecular formula is C19H20ClNO3. The fourth-order valence-corrected chi connectivity index (χ4v) is 2.81. The third kappa shape index (κ3) is 3.54. The summed E-state index contributed by atoms with van der Waals surface area (Å²) in [5, 5.41) is 0.413. The first-order valence-corrected chi connectivity index (χ1v) is 8.43. The van der Waals surface area contributed by atoms with E-state index in [9.17, 15) is 4.79 Å². The summed E-state index contributed by atoms with van der Waals surface area (Å²) in [5.74, 6) is 1.43. The molecule has 5 heteroatoms. The van der Waals surface area contributed by atoms with Gasteiger partial charge in [0.2, 0.25) is 11.7 Å².